The van der Waals surface area contributed by atoms with Gasteiger partial charge in [-0.15, -0.1) is 0 Å². The predicted octanol–water partition coefficient (Wildman–Crippen LogP) is 3.46. The van der Waals surface area contributed by atoms with Crippen molar-refractivity contribution in [3.63, 3.8) is 0 Å². The Balaban J connectivity index is 1.25. The Hall–Kier alpha value is -2.93. The monoisotopic (exact) mass is 378 g/mol. The van der Waals surface area contributed by atoms with Crippen LogP contribution in [0.2, 0.25) is 0 Å². The van der Waals surface area contributed by atoms with Gasteiger partial charge in [-0.05, 0) is 23.1 Å². The molecule has 0 bridgehead atoms. The lowest BCUT2D eigenvalue weighted by atomic mass is 9.98. The molecule has 0 saturated carbocycles. The fraction of sp³-hybridized carbons (Fsp3) is 0.250. The van der Waals surface area contributed by atoms with Crippen LogP contribution in [0.5, 0.6) is 0 Å². The third-order valence-corrected chi connectivity index (χ3v) is 5.81. The van der Waals surface area contributed by atoms with E-state index in [0.717, 1.165) is 22.0 Å². The summed E-state index contributed by atoms with van der Waals surface area (Å²) in [6.07, 6.45) is 2.46. The van der Waals surface area contributed by atoms with Crippen molar-refractivity contribution >= 4 is 28.1 Å². The number of hydrogen-bond donors (Lipinski definition) is 0. The van der Waals surface area contributed by atoms with Gasteiger partial charge in [0.1, 0.15) is 0 Å². The topological polar surface area (TPSA) is 64.2 Å². The zero-order chi connectivity index (χ0) is 18.4. The number of benzene rings is 1. The van der Waals surface area contributed by atoms with Gasteiger partial charge >= 0.3 is 0 Å². The van der Waals surface area contributed by atoms with Crippen LogP contribution in [-0.4, -0.2) is 38.6 Å². The molecule has 4 aromatic rings. The average molecular weight is 378 g/mol. The van der Waals surface area contributed by atoms with Crippen molar-refractivity contribution in [3.8, 4) is 11.4 Å². The lowest BCUT2D eigenvalue weighted by Gasteiger charge is -2.37. The number of carbonyl (C=O) groups is 1. The number of carbonyl (C=O) groups excluding carboxylic acids is 1. The first-order valence-electron chi connectivity index (χ1n) is 8.86. The third-order valence-electron chi connectivity index (χ3n) is 5.13. The molecule has 0 N–H and O–H groups in total. The van der Waals surface area contributed by atoms with Crippen molar-refractivity contribution in [3.05, 3.63) is 58.7 Å². The number of aromatic nitrogens is 3. The van der Waals surface area contributed by atoms with Crippen LogP contribution >= 0.6 is 11.3 Å². The number of hydrogen-bond acceptors (Lipinski definition) is 5. The minimum Gasteiger partial charge on any atom is -0.350 e. The van der Waals surface area contributed by atoms with E-state index in [-0.39, 0.29) is 11.8 Å². The summed E-state index contributed by atoms with van der Waals surface area (Å²) in [6, 6.07) is 10.1. The van der Waals surface area contributed by atoms with Crippen molar-refractivity contribution in [2.45, 2.75) is 12.3 Å². The molecule has 5 rings (SSSR count). The summed E-state index contributed by atoms with van der Waals surface area (Å²) < 4.78 is 7.47. The summed E-state index contributed by atoms with van der Waals surface area (Å²) in [4.78, 5) is 19.0. The molecule has 0 spiro atoms. The Labute approximate surface area is 160 Å². The summed E-state index contributed by atoms with van der Waals surface area (Å²) in [5.41, 5.74) is 3.19. The number of fused-ring (bicyclic) bond motifs is 1. The predicted molar refractivity (Wildman–Crippen MR) is 104 cm³/mol. The van der Waals surface area contributed by atoms with Gasteiger partial charge in [0.05, 0.1) is 12.3 Å². The number of rotatable bonds is 4. The molecule has 6 nitrogen and oxygen atoms in total. The minimum atomic E-state index is 0.126. The van der Waals surface area contributed by atoms with E-state index in [1.807, 2.05) is 47.1 Å². The normalized spacial score (nSPS) is 14.6. The molecule has 1 saturated heterocycles. The molecule has 1 aliphatic heterocycles. The molecule has 1 aromatic carbocycles. The summed E-state index contributed by atoms with van der Waals surface area (Å²) in [6.45, 7) is 1.27. The largest absolute Gasteiger partial charge is 0.350 e. The second-order valence-electron chi connectivity index (χ2n) is 6.92. The molecule has 0 radical (unpaired) electrons. The summed E-state index contributed by atoms with van der Waals surface area (Å²) >= 11 is 1.60. The number of para-hydroxylation sites is 1. The Morgan fingerprint density at radius 3 is 2.96 bits per heavy atom. The molecular formula is C20H18N4O2S. The van der Waals surface area contributed by atoms with Gasteiger partial charge in [0.25, 0.3) is 0 Å². The maximum atomic E-state index is 12.7. The highest BCUT2D eigenvalue weighted by Gasteiger charge is 2.35. The maximum Gasteiger partial charge on any atom is 0.233 e. The quantitative estimate of drug-likeness (QED) is 0.546. The van der Waals surface area contributed by atoms with E-state index in [2.05, 4.69) is 26.8 Å². The molecule has 1 amide bonds. The summed E-state index contributed by atoms with van der Waals surface area (Å²) in [5, 5.41) is 9.18. The highest BCUT2D eigenvalue weighted by atomic mass is 32.1. The molecule has 0 atom stereocenters. The average Bonchev–Trinajstić information content (AvgIpc) is 3.35. The number of aryl methyl sites for hydroxylation is 1. The number of likely N-dealkylation sites (tertiary alicyclic amines) is 1. The molecular weight excluding hydrogens is 360 g/mol. The van der Waals surface area contributed by atoms with E-state index in [1.165, 1.54) is 0 Å². The van der Waals surface area contributed by atoms with Gasteiger partial charge in [-0.1, -0.05) is 23.4 Å². The molecule has 0 unspecified atom stereocenters. The molecule has 3 aromatic heterocycles. The highest BCUT2D eigenvalue weighted by molar-refractivity contribution is 7.08. The smallest absolute Gasteiger partial charge is 0.233 e. The molecule has 27 heavy (non-hydrogen) atoms. The molecule has 136 valence electrons. The SMILES string of the molecule is Cn1cc(CC(=O)N2CC(c3nc(-c4ccsc4)no3)C2)c2ccccc21. The van der Waals surface area contributed by atoms with Gasteiger partial charge in [0.15, 0.2) is 0 Å². The maximum absolute atomic E-state index is 12.7. The molecule has 1 fully saturated rings. The lowest BCUT2D eigenvalue weighted by Crippen LogP contribution is -2.49. The molecule has 4 heterocycles. The van der Waals surface area contributed by atoms with Crippen LogP contribution in [0.15, 0.2) is 51.8 Å². The molecule has 7 heteroatoms. The Kier molecular flexibility index (Phi) is 3.82. The van der Waals surface area contributed by atoms with Gasteiger partial charge in [0, 0.05) is 48.2 Å². The minimum absolute atomic E-state index is 0.126. The van der Waals surface area contributed by atoms with E-state index in [1.54, 1.807) is 11.3 Å². The van der Waals surface area contributed by atoms with Gasteiger partial charge < -0.3 is 14.0 Å². The van der Waals surface area contributed by atoms with E-state index in [4.69, 9.17) is 4.52 Å². The van der Waals surface area contributed by atoms with Gasteiger partial charge in [-0.3, -0.25) is 4.79 Å². The Morgan fingerprint density at radius 2 is 2.15 bits per heavy atom. The molecule has 1 aliphatic rings. The first-order valence-corrected chi connectivity index (χ1v) is 9.80. The van der Waals surface area contributed by atoms with Crippen molar-refractivity contribution in [1.82, 2.24) is 19.6 Å². The Morgan fingerprint density at radius 1 is 1.30 bits per heavy atom. The number of nitrogens with zero attached hydrogens (tertiary/aromatic N) is 4. The number of amides is 1. The van der Waals surface area contributed by atoms with E-state index < -0.39 is 0 Å². The van der Waals surface area contributed by atoms with Crippen LogP contribution in [0, 0.1) is 0 Å². The van der Waals surface area contributed by atoms with Crippen LogP contribution in [0.4, 0.5) is 0 Å². The second kappa shape index (κ2) is 6.35. The molecule has 0 aliphatic carbocycles. The standard InChI is InChI=1S/C20H18N4O2S/c1-23-9-14(16-4-2-3-5-17(16)23)8-18(25)24-10-15(11-24)20-21-19(22-26-20)13-6-7-27-12-13/h2-7,9,12,15H,8,10-11H2,1H3. The Bertz CT molecular complexity index is 1110. The summed E-state index contributed by atoms with van der Waals surface area (Å²) in [7, 11) is 2.01. The van der Waals surface area contributed by atoms with Crippen LogP contribution < -0.4 is 0 Å². The van der Waals surface area contributed by atoms with Crippen LogP contribution in [0.3, 0.4) is 0 Å². The fourth-order valence-electron chi connectivity index (χ4n) is 3.59. The van der Waals surface area contributed by atoms with E-state index >= 15 is 0 Å². The van der Waals surface area contributed by atoms with Crippen LogP contribution in [0.25, 0.3) is 22.3 Å². The zero-order valence-electron chi connectivity index (χ0n) is 14.8. The zero-order valence-corrected chi connectivity index (χ0v) is 15.6. The highest BCUT2D eigenvalue weighted by Crippen LogP contribution is 2.29. The fourth-order valence-corrected chi connectivity index (χ4v) is 4.22. The second-order valence-corrected chi connectivity index (χ2v) is 7.70. The van der Waals surface area contributed by atoms with Crippen molar-refractivity contribution in [2.24, 2.45) is 7.05 Å². The van der Waals surface area contributed by atoms with Crippen molar-refractivity contribution < 1.29 is 9.32 Å². The summed E-state index contributed by atoms with van der Waals surface area (Å²) in [5.74, 6) is 1.50. The van der Waals surface area contributed by atoms with Crippen molar-refractivity contribution in [2.75, 3.05) is 13.1 Å². The van der Waals surface area contributed by atoms with Gasteiger partial charge in [0.2, 0.25) is 17.6 Å². The van der Waals surface area contributed by atoms with E-state index in [0.29, 0.717) is 31.2 Å². The van der Waals surface area contributed by atoms with Gasteiger partial charge in [-0.2, -0.15) is 16.3 Å². The van der Waals surface area contributed by atoms with Crippen molar-refractivity contribution in [1.29, 1.82) is 0 Å². The third kappa shape index (κ3) is 2.84. The first kappa shape index (κ1) is 16.3. The van der Waals surface area contributed by atoms with Crippen LogP contribution in [0.1, 0.15) is 17.4 Å². The lowest BCUT2D eigenvalue weighted by molar-refractivity contribution is -0.135. The number of thiophene rings is 1. The first-order chi connectivity index (χ1) is 13.2. The van der Waals surface area contributed by atoms with Gasteiger partial charge in [-0.25, -0.2) is 0 Å². The van der Waals surface area contributed by atoms with E-state index in [9.17, 15) is 4.79 Å². The van der Waals surface area contributed by atoms with Crippen LogP contribution in [-0.2, 0) is 18.3 Å².